The largest absolute Gasteiger partial charge is 0.463 e. The van der Waals surface area contributed by atoms with Crippen molar-refractivity contribution in [3.63, 3.8) is 0 Å². The zero-order chi connectivity index (χ0) is 44.1. The lowest BCUT2D eigenvalue weighted by molar-refractivity contribution is -0.343. The number of benzene rings is 3. The summed E-state index contributed by atoms with van der Waals surface area (Å²) in [7, 11) is 0. The van der Waals surface area contributed by atoms with E-state index >= 15 is 0 Å². The van der Waals surface area contributed by atoms with Crippen LogP contribution in [0.4, 0.5) is 0 Å². The number of carbonyl (C=O) groups excluding carboxylic acids is 7. The van der Waals surface area contributed by atoms with Crippen LogP contribution in [0.15, 0.2) is 96.1 Å². The molecule has 2 aliphatic rings. The molecule has 10 atom stereocenters. The van der Waals surface area contributed by atoms with Gasteiger partial charge >= 0.3 is 41.8 Å². The molecule has 5 rings (SSSR count). The van der Waals surface area contributed by atoms with Gasteiger partial charge in [0.15, 0.2) is 43.0 Å². The van der Waals surface area contributed by atoms with Gasteiger partial charge in [0.1, 0.15) is 31.5 Å². The third-order valence-electron chi connectivity index (χ3n) is 8.91. The molecule has 20 nitrogen and oxygen atoms in total. The number of carbonyl (C=O) groups is 7. The second kappa shape index (κ2) is 21.4. The van der Waals surface area contributed by atoms with Crippen molar-refractivity contribution in [2.75, 3.05) is 13.2 Å². The van der Waals surface area contributed by atoms with Crippen molar-refractivity contribution in [2.45, 2.75) is 89.0 Å². The lowest BCUT2D eigenvalue weighted by Crippen LogP contribution is -2.67. The molecule has 61 heavy (non-hydrogen) atoms. The van der Waals surface area contributed by atoms with E-state index < -0.39 is 116 Å². The van der Waals surface area contributed by atoms with Crippen molar-refractivity contribution in [1.29, 1.82) is 0 Å². The number of esters is 7. The van der Waals surface area contributed by atoms with Gasteiger partial charge < -0.3 is 47.4 Å². The van der Waals surface area contributed by atoms with Gasteiger partial charge in [0.2, 0.25) is 0 Å². The first-order chi connectivity index (χ1) is 29.2. The van der Waals surface area contributed by atoms with Crippen molar-refractivity contribution < 1.29 is 80.9 Å². The van der Waals surface area contributed by atoms with Gasteiger partial charge in [-0.3, -0.25) is 19.2 Å². The Kier molecular flexibility index (Phi) is 15.9. The van der Waals surface area contributed by atoms with Gasteiger partial charge in [-0.05, 0) is 41.9 Å². The van der Waals surface area contributed by atoms with Gasteiger partial charge in [0.05, 0.1) is 16.7 Å². The molecule has 322 valence electrons. The molecule has 20 heteroatoms. The Hall–Kier alpha value is -6.86. The first kappa shape index (κ1) is 45.2. The fourth-order valence-corrected chi connectivity index (χ4v) is 6.40. The van der Waals surface area contributed by atoms with Gasteiger partial charge in [0, 0.05) is 32.6 Å². The zero-order valence-electron chi connectivity index (χ0n) is 33.1. The van der Waals surface area contributed by atoms with Crippen LogP contribution in [-0.2, 0) is 66.5 Å². The Labute approximate surface area is 347 Å². The van der Waals surface area contributed by atoms with E-state index in [9.17, 15) is 39.1 Å². The summed E-state index contributed by atoms with van der Waals surface area (Å²) in [4.78, 5) is 93.2. The number of azide groups is 1. The zero-order valence-corrected chi connectivity index (χ0v) is 33.1. The number of ether oxygens (including phenoxy) is 10. The summed E-state index contributed by atoms with van der Waals surface area (Å²) in [6.45, 7) is 2.83. The van der Waals surface area contributed by atoms with E-state index in [1.807, 2.05) is 0 Å². The summed E-state index contributed by atoms with van der Waals surface area (Å²) >= 11 is 0. The molecule has 0 saturated carbocycles. The molecule has 0 amide bonds. The van der Waals surface area contributed by atoms with Crippen LogP contribution in [0.2, 0.25) is 0 Å². The van der Waals surface area contributed by atoms with Crippen LogP contribution in [0.1, 0.15) is 58.8 Å². The second-order valence-corrected chi connectivity index (χ2v) is 13.4. The van der Waals surface area contributed by atoms with Crippen LogP contribution >= 0.6 is 0 Å². The minimum Gasteiger partial charge on any atom is -0.463 e. The molecule has 0 bridgehead atoms. The molecule has 2 heterocycles. The molecule has 2 fully saturated rings. The minimum atomic E-state index is -1.92. The van der Waals surface area contributed by atoms with Gasteiger partial charge in [-0.2, -0.15) is 0 Å². The topological polar surface area (TPSA) is 261 Å². The highest BCUT2D eigenvalue weighted by atomic mass is 16.8. The van der Waals surface area contributed by atoms with E-state index in [1.165, 1.54) is 36.4 Å². The van der Waals surface area contributed by atoms with Crippen molar-refractivity contribution in [2.24, 2.45) is 5.11 Å². The average Bonchev–Trinajstić information content (AvgIpc) is 3.23. The Morgan fingerprint density at radius 2 is 0.934 bits per heavy atom. The highest BCUT2D eigenvalue weighted by Crippen LogP contribution is 2.36. The Balaban J connectivity index is 1.66. The van der Waals surface area contributed by atoms with E-state index in [1.54, 1.807) is 54.6 Å². The van der Waals surface area contributed by atoms with E-state index in [0.29, 0.717) is 0 Å². The monoisotopic (exact) mass is 847 g/mol. The normalized spacial score (nSPS) is 25.6. The van der Waals surface area contributed by atoms with E-state index in [2.05, 4.69) is 10.0 Å². The van der Waals surface area contributed by atoms with Crippen LogP contribution in [0.25, 0.3) is 10.4 Å². The van der Waals surface area contributed by atoms with Crippen LogP contribution in [0, 0.1) is 0 Å². The van der Waals surface area contributed by atoms with Gasteiger partial charge in [-0.1, -0.05) is 59.7 Å². The Morgan fingerprint density at radius 1 is 0.508 bits per heavy atom. The van der Waals surface area contributed by atoms with Crippen molar-refractivity contribution >= 4 is 41.8 Å². The maximum atomic E-state index is 13.9. The molecule has 2 aliphatic heterocycles. The first-order valence-electron chi connectivity index (χ1n) is 18.7. The predicted molar refractivity (Wildman–Crippen MR) is 203 cm³/mol. The van der Waals surface area contributed by atoms with Gasteiger partial charge in [-0.25, -0.2) is 14.4 Å². The summed E-state index contributed by atoms with van der Waals surface area (Å²) in [6, 6.07) is 23.0. The number of nitrogens with zero attached hydrogens (tertiary/aromatic N) is 3. The van der Waals surface area contributed by atoms with Crippen LogP contribution in [0.3, 0.4) is 0 Å². The SMILES string of the molecule is CC(=O)OC[C@H]1O[C@H](O[C@@H]2[C@H](OC(=O)c3ccccc3)[C@@H](OC(=O)c3ccccc3)[C@H](N=[N+]=[N-])O[C@@H]2COC(=O)c2ccccc2)[C@H](OC(C)=O)[C@@H](OC(C)=O)[C@H]1OC(C)=O. The Bertz CT molecular complexity index is 2080. The fraction of sp³-hybridized carbons (Fsp3) is 0.390. The number of hydrogen-bond donors (Lipinski definition) is 0. The maximum absolute atomic E-state index is 13.9. The molecule has 3 aromatic carbocycles. The molecule has 0 spiro atoms. The fourth-order valence-electron chi connectivity index (χ4n) is 6.40. The molecule has 0 unspecified atom stereocenters. The van der Waals surface area contributed by atoms with E-state index in [0.717, 1.165) is 27.7 Å². The molecule has 0 aliphatic carbocycles. The summed E-state index contributed by atoms with van der Waals surface area (Å²) in [5.41, 5.74) is 9.85. The highest BCUT2D eigenvalue weighted by molar-refractivity contribution is 5.91. The molecular formula is C41H41N3O17. The minimum absolute atomic E-state index is 0.0144. The molecule has 0 aromatic heterocycles. The van der Waals surface area contributed by atoms with Crippen molar-refractivity contribution in [3.8, 4) is 0 Å². The third-order valence-corrected chi connectivity index (χ3v) is 8.91. The van der Waals surface area contributed by atoms with Gasteiger partial charge in [0.25, 0.3) is 0 Å². The molecule has 3 aromatic rings. The number of rotatable bonds is 15. The number of hydrogen-bond acceptors (Lipinski definition) is 18. The van der Waals surface area contributed by atoms with Crippen molar-refractivity contribution in [1.82, 2.24) is 0 Å². The van der Waals surface area contributed by atoms with Crippen molar-refractivity contribution in [3.05, 3.63) is 118 Å². The summed E-state index contributed by atoms with van der Waals surface area (Å²) < 4.78 is 58.1. The van der Waals surface area contributed by atoms with Crippen LogP contribution in [0.5, 0.6) is 0 Å². The predicted octanol–water partition coefficient (Wildman–Crippen LogP) is 3.80. The van der Waals surface area contributed by atoms with E-state index in [4.69, 9.17) is 47.4 Å². The second-order valence-electron chi connectivity index (χ2n) is 13.4. The first-order valence-corrected chi connectivity index (χ1v) is 18.7. The van der Waals surface area contributed by atoms with Crippen LogP contribution < -0.4 is 0 Å². The lowest BCUT2D eigenvalue weighted by atomic mass is 9.95. The lowest BCUT2D eigenvalue weighted by Gasteiger charge is -2.48. The molecule has 2 saturated heterocycles. The summed E-state index contributed by atoms with van der Waals surface area (Å²) in [6.07, 6.45) is -17.3. The standard InChI is InChI=1S/C41H41N3O17/c1-22(45)52-20-30-31(54-23(2)46)34(55-24(3)47)36(56-25(4)48)41(58-30)61-32-29(21-53-38(49)26-14-8-5-9-15-26)57-37(43-44-42)35(60-40(51)28-18-12-7-13-19-28)33(32)59-39(50)27-16-10-6-11-17-27/h5-19,29-37,41H,20-21H2,1-4H3/t29-,30-,31+,32+,33+,34+,35-,36-,37-,41-/m1/s1. The molecule has 0 N–H and O–H groups in total. The Morgan fingerprint density at radius 3 is 1.43 bits per heavy atom. The highest BCUT2D eigenvalue weighted by Gasteiger charge is 2.57. The third kappa shape index (κ3) is 12.3. The average molecular weight is 848 g/mol. The summed E-state index contributed by atoms with van der Waals surface area (Å²) in [5, 5.41) is 3.69. The quantitative estimate of drug-likeness (QED) is 0.0692. The van der Waals surface area contributed by atoms with Gasteiger partial charge in [-0.15, -0.1) is 0 Å². The smallest absolute Gasteiger partial charge is 0.338 e. The van der Waals surface area contributed by atoms with Crippen LogP contribution in [-0.4, -0.2) is 116 Å². The molecule has 0 radical (unpaired) electrons. The maximum Gasteiger partial charge on any atom is 0.338 e. The molecular weight excluding hydrogens is 806 g/mol. The summed E-state index contributed by atoms with van der Waals surface area (Å²) in [5.74, 6) is -6.38. The van der Waals surface area contributed by atoms with E-state index in [-0.39, 0.29) is 16.7 Å².